The van der Waals surface area contributed by atoms with Crippen molar-refractivity contribution in [2.75, 3.05) is 18.4 Å². The Morgan fingerprint density at radius 2 is 1.91 bits per heavy atom. The number of alkyl halides is 2. The SMILES string of the molecule is Cn1nc(C2CCNCC2)nc1NC(=O)C1CCC(F)(F)CC1. The lowest BCUT2D eigenvalue weighted by Gasteiger charge is -2.27. The van der Waals surface area contributed by atoms with Crippen molar-refractivity contribution in [3.63, 3.8) is 0 Å². The number of hydrogen-bond acceptors (Lipinski definition) is 4. The summed E-state index contributed by atoms with van der Waals surface area (Å²) >= 11 is 0. The summed E-state index contributed by atoms with van der Waals surface area (Å²) in [6, 6.07) is 0. The Kier molecular flexibility index (Phi) is 4.61. The number of amides is 1. The average Bonchev–Trinajstić information content (AvgIpc) is 2.89. The molecule has 128 valence electrons. The molecule has 2 N–H and O–H groups in total. The van der Waals surface area contributed by atoms with Crippen LogP contribution < -0.4 is 10.6 Å². The summed E-state index contributed by atoms with van der Waals surface area (Å²) in [6.07, 6.45) is 1.97. The fourth-order valence-corrected chi connectivity index (χ4v) is 3.28. The van der Waals surface area contributed by atoms with Crippen molar-refractivity contribution in [1.29, 1.82) is 0 Å². The van der Waals surface area contributed by atoms with Crippen molar-refractivity contribution >= 4 is 11.9 Å². The Bertz CT molecular complexity index is 558. The number of piperidine rings is 1. The first kappa shape index (κ1) is 16.3. The molecule has 0 atom stereocenters. The Balaban J connectivity index is 1.61. The molecule has 23 heavy (non-hydrogen) atoms. The van der Waals surface area contributed by atoms with Crippen LogP contribution in [-0.4, -0.2) is 39.7 Å². The van der Waals surface area contributed by atoms with E-state index in [4.69, 9.17) is 0 Å². The lowest BCUT2D eigenvalue weighted by atomic mass is 9.86. The van der Waals surface area contributed by atoms with Gasteiger partial charge in [0.15, 0.2) is 5.82 Å². The maximum Gasteiger partial charge on any atom is 0.248 e. The first-order chi connectivity index (χ1) is 10.9. The van der Waals surface area contributed by atoms with Crippen molar-refractivity contribution in [1.82, 2.24) is 20.1 Å². The van der Waals surface area contributed by atoms with Crippen LogP contribution in [0.15, 0.2) is 0 Å². The molecule has 8 heteroatoms. The number of nitrogens with zero attached hydrogens (tertiary/aromatic N) is 3. The normalized spacial score (nSPS) is 22.9. The number of halogens is 2. The van der Waals surface area contributed by atoms with Gasteiger partial charge in [-0.1, -0.05) is 0 Å². The first-order valence-corrected chi connectivity index (χ1v) is 8.25. The summed E-state index contributed by atoms with van der Waals surface area (Å²) in [5.74, 6) is -1.76. The zero-order chi connectivity index (χ0) is 16.4. The van der Waals surface area contributed by atoms with Gasteiger partial charge in [0, 0.05) is 31.7 Å². The van der Waals surface area contributed by atoms with Gasteiger partial charge in [0.25, 0.3) is 0 Å². The van der Waals surface area contributed by atoms with Gasteiger partial charge in [-0.3, -0.25) is 10.1 Å². The Labute approximate surface area is 134 Å². The summed E-state index contributed by atoms with van der Waals surface area (Å²) < 4.78 is 27.9. The molecule has 1 aromatic heterocycles. The third-order valence-electron chi connectivity index (χ3n) is 4.81. The van der Waals surface area contributed by atoms with Crippen molar-refractivity contribution in [3.05, 3.63) is 5.82 Å². The summed E-state index contributed by atoms with van der Waals surface area (Å²) in [4.78, 5) is 16.7. The monoisotopic (exact) mass is 327 g/mol. The van der Waals surface area contributed by atoms with Gasteiger partial charge in [0.05, 0.1) is 0 Å². The molecule has 2 heterocycles. The van der Waals surface area contributed by atoms with E-state index in [0.29, 0.717) is 11.9 Å². The van der Waals surface area contributed by atoms with Crippen LogP contribution in [0.3, 0.4) is 0 Å². The molecule has 0 aromatic carbocycles. The van der Waals surface area contributed by atoms with Gasteiger partial charge in [-0.15, -0.1) is 0 Å². The average molecular weight is 327 g/mol. The van der Waals surface area contributed by atoms with Crippen LogP contribution in [0.4, 0.5) is 14.7 Å². The second kappa shape index (κ2) is 6.51. The van der Waals surface area contributed by atoms with Crippen LogP contribution in [0.5, 0.6) is 0 Å². The Hall–Kier alpha value is -1.57. The van der Waals surface area contributed by atoms with Crippen LogP contribution in [0.2, 0.25) is 0 Å². The molecule has 1 aromatic rings. The lowest BCUT2D eigenvalue weighted by molar-refractivity contribution is -0.124. The molecule has 1 amide bonds. The largest absolute Gasteiger partial charge is 0.317 e. The fourth-order valence-electron chi connectivity index (χ4n) is 3.28. The number of carbonyl (C=O) groups is 1. The van der Waals surface area contributed by atoms with E-state index in [2.05, 4.69) is 20.7 Å². The minimum Gasteiger partial charge on any atom is -0.317 e. The van der Waals surface area contributed by atoms with E-state index < -0.39 is 5.92 Å². The van der Waals surface area contributed by atoms with E-state index in [1.807, 2.05) is 0 Å². The van der Waals surface area contributed by atoms with Gasteiger partial charge in [-0.25, -0.2) is 13.5 Å². The molecule has 1 aliphatic carbocycles. The second-order valence-electron chi connectivity index (χ2n) is 6.56. The number of anilines is 1. The fraction of sp³-hybridized carbons (Fsp3) is 0.800. The highest BCUT2D eigenvalue weighted by Crippen LogP contribution is 2.36. The smallest absolute Gasteiger partial charge is 0.248 e. The molecule has 0 radical (unpaired) electrons. The van der Waals surface area contributed by atoms with Crippen molar-refractivity contribution in [2.24, 2.45) is 13.0 Å². The number of nitrogens with one attached hydrogen (secondary N) is 2. The van der Waals surface area contributed by atoms with Crippen LogP contribution >= 0.6 is 0 Å². The number of hydrogen-bond donors (Lipinski definition) is 2. The predicted molar refractivity (Wildman–Crippen MR) is 81.4 cm³/mol. The molecule has 1 aliphatic heterocycles. The number of carbonyl (C=O) groups excluding carboxylic acids is 1. The molecule has 0 spiro atoms. The molecule has 1 saturated heterocycles. The van der Waals surface area contributed by atoms with E-state index in [9.17, 15) is 13.6 Å². The number of aromatic nitrogens is 3. The number of aryl methyl sites for hydroxylation is 1. The van der Waals surface area contributed by atoms with E-state index in [1.54, 1.807) is 11.7 Å². The van der Waals surface area contributed by atoms with Crippen LogP contribution in [0, 0.1) is 5.92 Å². The van der Waals surface area contributed by atoms with Gasteiger partial charge in [-0.05, 0) is 38.8 Å². The minimum absolute atomic E-state index is 0.218. The molecule has 3 rings (SSSR count). The maximum atomic E-state index is 13.2. The highest BCUT2D eigenvalue weighted by atomic mass is 19.3. The second-order valence-corrected chi connectivity index (χ2v) is 6.56. The molecular weight excluding hydrogens is 304 g/mol. The van der Waals surface area contributed by atoms with E-state index in [0.717, 1.165) is 31.8 Å². The van der Waals surface area contributed by atoms with Gasteiger partial charge in [-0.2, -0.15) is 10.1 Å². The molecule has 2 fully saturated rings. The molecule has 1 saturated carbocycles. The highest BCUT2D eigenvalue weighted by Gasteiger charge is 2.37. The van der Waals surface area contributed by atoms with Gasteiger partial charge >= 0.3 is 0 Å². The van der Waals surface area contributed by atoms with Crippen LogP contribution in [0.1, 0.15) is 50.3 Å². The van der Waals surface area contributed by atoms with Gasteiger partial charge < -0.3 is 5.32 Å². The van der Waals surface area contributed by atoms with Crippen molar-refractivity contribution in [2.45, 2.75) is 50.4 Å². The standard InChI is InChI=1S/C15H23F2N5O/c1-22-14(19-12(21-22)10-4-8-18-9-5-10)20-13(23)11-2-6-15(16,17)7-3-11/h10-11,18H,2-9H2,1H3,(H,19,20,21,23). The van der Waals surface area contributed by atoms with Crippen molar-refractivity contribution < 1.29 is 13.6 Å². The lowest BCUT2D eigenvalue weighted by Crippen LogP contribution is -2.32. The molecule has 0 unspecified atom stereocenters. The third-order valence-corrected chi connectivity index (χ3v) is 4.81. The number of rotatable bonds is 3. The quantitative estimate of drug-likeness (QED) is 0.891. The zero-order valence-electron chi connectivity index (χ0n) is 13.3. The topological polar surface area (TPSA) is 71.8 Å². The van der Waals surface area contributed by atoms with E-state index in [1.165, 1.54) is 0 Å². The minimum atomic E-state index is -2.62. The molecule has 6 nitrogen and oxygen atoms in total. The van der Waals surface area contributed by atoms with E-state index >= 15 is 0 Å². The zero-order valence-corrected chi connectivity index (χ0v) is 13.3. The highest BCUT2D eigenvalue weighted by molar-refractivity contribution is 5.91. The Morgan fingerprint density at radius 1 is 1.26 bits per heavy atom. The van der Waals surface area contributed by atoms with Crippen molar-refractivity contribution in [3.8, 4) is 0 Å². The van der Waals surface area contributed by atoms with Gasteiger partial charge in [0.2, 0.25) is 17.8 Å². The molecule has 2 aliphatic rings. The maximum absolute atomic E-state index is 13.2. The van der Waals surface area contributed by atoms with Crippen LogP contribution in [-0.2, 0) is 11.8 Å². The summed E-state index contributed by atoms with van der Waals surface area (Å²) in [5.41, 5.74) is 0. The first-order valence-electron chi connectivity index (χ1n) is 8.25. The van der Waals surface area contributed by atoms with Crippen LogP contribution in [0.25, 0.3) is 0 Å². The molecule has 0 bridgehead atoms. The molecular formula is C15H23F2N5O. The van der Waals surface area contributed by atoms with Gasteiger partial charge in [0.1, 0.15) is 0 Å². The third kappa shape index (κ3) is 3.85. The summed E-state index contributed by atoms with van der Waals surface area (Å²) in [7, 11) is 1.74. The summed E-state index contributed by atoms with van der Waals surface area (Å²) in [6.45, 7) is 1.89. The van der Waals surface area contributed by atoms with E-state index in [-0.39, 0.29) is 37.5 Å². The Morgan fingerprint density at radius 3 is 2.57 bits per heavy atom. The summed E-state index contributed by atoms with van der Waals surface area (Å²) in [5, 5.41) is 10.4. The predicted octanol–water partition coefficient (Wildman–Crippen LogP) is 2.05.